The van der Waals surface area contributed by atoms with E-state index < -0.39 is 24.3 Å². The summed E-state index contributed by atoms with van der Waals surface area (Å²) in [5.74, 6) is -1.35. The molecule has 13 heavy (non-hydrogen) atoms. The fraction of sp³-hybridized carbons (Fsp3) is 0.250. The SMILES string of the molecule is Cl.N[C@H](CF)c1cccc(F)c1O. The van der Waals surface area contributed by atoms with Crippen LogP contribution in [0, 0.1) is 5.82 Å². The maximum Gasteiger partial charge on any atom is 0.165 e. The molecule has 2 nitrogen and oxygen atoms in total. The van der Waals surface area contributed by atoms with Gasteiger partial charge in [0.15, 0.2) is 11.6 Å². The van der Waals surface area contributed by atoms with E-state index >= 15 is 0 Å². The van der Waals surface area contributed by atoms with Crippen molar-refractivity contribution >= 4 is 12.4 Å². The van der Waals surface area contributed by atoms with E-state index in [1.807, 2.05) is 0 Å². The maximum absolute atomic E-state index is 12.6. The Hall–Kier alpha value is -0.870. The quantitative estimate of drug-likeness (QED) is 0.782. The molecule has 0 spiro atoms. The number of alkyl halides is 1. The van der Waals surface area contributed by atoms with Crippen molar-refractivity contribution in [1.82, 2.24) is 0 Å². The van der Waals surface area contributed by atoms with Crippen LogP contribution in [-0.4, -0.2) is 11.8 Å². The monoisotopic (exact) mass is 209 g/mol. The van der Waals surface area contributed by atoms with Crippen molar-refractivity contribution in [3.8, 4) is 5.75 Å². The number of hydrogen-bond acceptors (Lipinski definition) is 2. The topological polar surface area (TPSA) is 46.2 Å². The summed E-state index contributed by atoms with van der Waals surface area (Å²) < 4.78 is 24.7. The molecule has 0 aliphatic carbocycles. The van der Waals surface area contributed by atoms with Crippen LogP contribution in [0.4, 0.5) is 8.78 Å². The molecule has 0 amide bonds. The first-order valence-electron chi connectivity index (χ1n) is 3.45. The number of para-hydroxylation sites is 1. The first-order chi connectivity index (χ1) is 5.66. The van der Waals surface area contributed by atoms with Gasteiger partial charge in [0.1, 0.15) is 6.67 Å². The predicted octanol–water partition coefficient (Wildman–Crippen LogP) is 1.92. The summed E-state index contributed by atoms with van der Waals surface area (Å²) in [6, 6.07) is 2.90. The molecule has 0 saturated heterocycles. The van der Waals surface area contributed by atoms with Crippen molar-refractivity contribution in [1.29, 1.82) is 0 Å². The largest absolute Gasteiger partial charge is 0.505 e. The Bertz CT molecular complexity index is 283. The van der Waals surface area contributed by atoms with E-state index in [9.17, 15) is 8.78 Å². The van der Waals surface area contributed by atoms with Crippen molar-refractivity contribution in [2.45, 2.75) is 6.04 Å². The summed E-state index contributed by atoms with van der Waals surface area (Å²) in [6.45, 7) is -0.822. The third kappa shape index (κ3) is 2.54. The Labute approximate surface area is 80.8 Å². The molecule has 3 N–H and O–H groups in total. The molecule has 0 unspecified atom stereocenters. The summed E-state index contributed by atoms with van der Waals surface area (Å²) in [6.07, 6.45) is 0. The van der Waals surface area contributed by atoms with Crippen LogP contribution in [0.5, 0.6) is 5.75 Å². The number of nitrogens with two attached hydrogens (primary N) is 1. The smallest absolute Gasteiger partial charge is 0.165 e. The van der Waals surface area contributed by atoms with Gasteiger partial charge in [-0.1, -0.05) is 12.1 Å². The lowest BCUT2D eigenvalue weighted by Crippen LogP contribution is -2.12. The molecule has 0 aliphatic heterocycles. The molecule has 1 rings (SSSR count). The standard InChI is InChI=1S/C8H9F2NO.ClH/c9-4-7(11)5-2-1-3-6(10)8(5)12;/h1-3,7,12H,4,11H2;1H/t7-;/m1./s1. The number of phenolic OH excluding ortho intramolecular Hbond substituents is 1. The number of halogens is 3. The van der Waals surface area contributed by atoms with E-state index in [4.69, 9.17) is 10.8 Å². The minimum Gasteiger partial charge on any atom is -0.505 e. The summed E-state index contributed by atoms with van der Waals surface area (Å²) in [7, 11) is 0. The van der Waals surface area contributed by atoms with E-state index in [1.165, 1.54) is 12.1 Å². The Kier molecular flexibility index (Phi) is 4.66. The van der Waals surface area contributed by atoms with Gasteiger partial charge in [0.05, 0.1) is 6.04 Å². The molecule has 0 aromatic heterocycles. The van der Waals surface area contributed by atoms with Crippen molar-refractivity contribution in [2.75, 3.05) is 6.67 Å². The minimum absolute atomic E-state index is 0. The van der Waals surface area contributed by atoms with Crippen molar-refractivity contribution in [3.63, 3.8) is 0 Å². The number of hydrogen-bond donors (Lipinski definition) is 2. The minimum atomic E-state index is -0.958. The van der Waals surface area contributed by atoms with Crippen LogP contribution in [0.25, 0.3) is 0 Å². The second kappa shape index (κ2) is 4.99. The molecule has 0 bridgehead atoms. The normalized spacial score (nSPS) is 11.9. The first-order valence-corrected chi connectivity index (χ1v) is 3.45. The third-order valence-corrected chi connectivity index (χ3v) is 1.58. The molecule has 1 aromatic carbocycles. The van der Waals surface area contributed by atoms with Gasteiger partial charge in [0.2, 0.25) is 0 Å². The van der Waals surface area contributed by atoms with E-state index in [1.54, 1.807) is 0 Å². The number of rotatable bonds is 2. The molecule has 0 heterocycles. The lowest BCUT2D eigenvalue weighted by molar-refractivity contribution is 0.396. The maximum atomic E-state index is 12.6. The summed E-state index contributed by atoms with van der Waals surface area (Å²) in [5.41, 5.74) is 5.36. The van der Waals surface area contributed by atoms with E-state index in [0.29, 0.717) is 0 Å². The highest BCUT2D eigenvalue weighted by Gasteiger charge is 2.12. The Morgan fingerprint density at radius 1 is 1.46 bits per heavy atom. The second-order valence-corrected chi connectivity index (χ2v) is 2.44. The molecule has 1 aromatic rings. The summed E-state index contributed by atoms with van der Waals surface area (Å²) >= 11 is 0. The predicted molar refractivity (Wildman–Crippen MR) is 48.2 cm³/mol. The van der Waals surface area contributed by atoms with Gasteiger partial charge in [0, 0.05) is 5.56 Å². The van der Waals surface area contributed by atoms with Crippen molar-refractivity contribution < 1.29 is 13.9 Å². The fourth-order valence-electron chi connectivity index (χ4n) is 0.914. The van der Waals surface area contributed by atoms with Crippen LogP contribution < -0.4 is 5.73 Å². The van der Waals surface area contributed by atoms with Gasteiger partial charge in [0.25, 0.3) is 0 Å². The molecular weight excluding hydrogens is 200 g/mol. The van der Waals surface area contributed by atoms with Gasteiger partial charge in [-0.2, -0.15) is 0 Å². The van der Waals surface area contributed by atoms with Crippen molar-refractivity contribution in [3.05, 3.63) is 29.6 Å². The van der Waals surface area contributed by atoms with Crippen LogP contribution in [0.2, 0.25) is 0 Å². The van der Waals surface area contributed by atoms with Crippen LogP contribution in [0.15, 0.2) is 18.2 Å². The zero-order chi connectivity index (χ0) is 9.14. The van der Waals surface area contributed by atoms with Crippen LogP contribution in [0.3, 0.4) is 0 Å². The molecule has 1 atom stereocenters. The van der Waals surface area contributed by atoms with Gasteiger partial charge < -0.3 is 10.8 Å². The van der Waals surface area contributed by atoms with Crippen molar-refractivity contribution in [2.24, 2.45) is 5.73 Å². The average molecular weight is 210 g/mol. The van der Waals surface area contributed by atoms with E-state index in [0.717, 1.165) is 6.07 Å². The Balaban J connectivity index is 0.00000144. The van der Waals surface area contributed by atoms with Crippen LogP contribution in [0.1, 0.15) is 11.6 Å². The second-order valence-electron chi connectivity index (χ2n) is 2.44. The zero-order valence-corrected chi connectivity index (χ0v) is 7.52. The van der Waals surface area contributed by atoms with E-state index in [2.05, 4.69) is 0 Å². The first kappa shape index (κ1) is 12.1. The molecule has 0 aliphatic rings. The number of aromatic hydroxyl groups is 1. The lowest BCUT2D eigenvalue weighted by atomic mass is 10.1. The lowest BCUT2D eigenvalue weighted by Gasteiger charge is -2.09. The molecule has 0 radical (unpaired) electrons. The van der Waals surface area contributed by atoms with Crippen LogP contribution in [-0.2, 0) is 0 Å². The zero-order valence-electron chi connectivity index (χ0n) is 6.71. The van der Waals surface area contributed by atoms with Gasteiger partial charge in [-0.3, -0.25) is 0 Å². The Morgan fingerprint density at radius 2 is 2.08 bits per heavy atom. The van der Waals surface area contributed by atoms with Crippen LogP contribution >= 0.6 is 12.4 Å². The highest BCUT2D eigenvalue weighted by Crippen LogP contribution is 2.25. The number of phenols is 1. The molecular formula is C8H10ClF2NO. The van der Waals surface area contributed by atoms with E-state index in [-0.39, 0.29) is 18.0 Å². The average Bonchev–Trinajstić information content (AvgIpc) is 2.08. The fourth-order valence-corrected chi connectivity index (χ4v) is 0.914. The molecule has 0 saturated carbocycles. The third-order valence-electron chi connectivity index (χ3n) is 1.58. The van der Waals surface area contributed by atoms with Gasteiger partial charge >= 0.3 is 0 Å². The highest BCUT2D eigenvalue weighted by atomic mass is 35.5. The number of benzene rings is 1. The molecule has 0 fully saturated rings. The van der Waals surface area contributed by atoms with Gasteiger partial charge in [-0.05, 0) is 6.07 Å². The van der Waals surface area contributed by atoms with Gasteiger partial charge in [-0.15, -0.1) is 12.4 Å². The Morgan fingerprint density at radius 3 is 2.62 bits per heavy atom. The summed E-state index contributed by atoms with van der Waals surface area (Å²) in [5, 5.41) is 9.08. The van der Waals surface area contributed by atoms with Gasteiger partial charge in [-0.25, -0.2) is 8.78 Å². The molecule has 74 valence electrons. The summed E-state index contributed by atoms with van der Waals surface area (Å²) in [4.78, 5) is 0. The molecule has 5 heteroatoms. The highest BCUT2D eigenvalue weighted by molar-refractivity contribution is 5.85.